The third-order valence-corrected chi connectivity index (χ3v) is 3.98. The van der Waals surface area contributed by atoms with E-state index in [-0.39, 0.29) is 5.75 Å². The minimum Gasteiger partial charge on any atom is -0.494 e. The van der Waals surface area contributed by atoms with Crippen LogP contribution in [-0.2, 0) is 11.3 Å². The summed E-state index contributed by atoms with van der Waals surface area (Å²) in [6.45, 7) is 0.362. The Bertz CT molecular complexity index is 652. The Morgan fingerprint density at radius 3 is 2.62 bits per heavy atom. The van der Waals surface area contributed by atoms with Crippen LogP contribution in [0.3, 0.4) is 0 Å². The Morgan fingerprint density at radius 1 is 1.29 bits per heavy atom. The van der Waals surface area contributed by atoms with Crippen LogP contribution in [0.1, 0.15) is 5.69 Å². The molecule has 0 saturated carbocycles. The van der Waals surface area contributed by atoms with Crippen LogP contribution in [0.2, 0.25) is 0 Å². The van der Waals surface area contributed by atoms with Crippen LogP contribution in [0, 0.1) is 9.39 Å². The SMILES string of the molecule is CNc1nc(-c2ccc(OC)c(F)c2)nc(COC)c1I. The Kier molecular flexibility index (Phi) is 5.29. The van der Waals surface area contributed by atoms with E-state index in [1.54, 1.807) is 26.3 Å². The fourth-order valence-corrected chi connectivity index (χ4v) is 2.49. The number of ether oxygens (including phenoxy) is 2. The predicted molar refractivity (Wildman–Crippen MR) is 87.0 cm³/mol. The quantitative estimate of drug-likeness (QED) is 0.778. The molecule has 1 aromatic heterocycles. The summed E-state index contributed by atoms with van der Waals surface area (Å²) in [5, 5.41) is 3.01. The molecule has 0 aliphatic rings. The number of methoxy groups -OCH3 is 2. The molecule has 112 valence electrons. The standard InChI is InChI=1S/C14H15FIN3O2/c1-17-14-12(16)10(7-20-2)18-13(19-14)8-4-5-11(21-3)9(15)6-8/h4-6H,7H2,1-3H3,(H,17,18,19). The summed E-state index contributed by atoms with van der Waals surface area (Å²) in [4.78, 5) is 8.85. The number of benzene rings is 1. The van der Waals surface area contributed by atoms with Crippen LogP contribution in [-0.4, -0.2) is 31.2 Å². The minimum absolute atomic E-state index is 0.190. The van der Waals surface area contributed by atoms with Crippen LogP contribution in [0.4, 0.5) is 10.2 Å². The van der Waals surface area contributed by atoms with Gasteiger partial charge < -0.3 is 14.8 Å². The topological polar surface area (TPSA) is 56.3 Å². The third-order valence-electron chi connectivity index (χ3n) is 2.85. The summed E-state index contributed by atoms with van der Waals surface area (Å²) < 4.78 is 24.8. The van der Waals surface area contributed by atoms with Crippen molar-refractivity contribution in [2.45, 2.75) is 6.61 Å². The van der Waals surface area contributed by atoms with Crippen molar-refractivity contribution in [3.8, 4) is 17.1 Å². The fraction of sp³-hybridized carbons (Fsp3) is 0.286. The maximum atomic E-state index is 13.8. The smallest absolute Gasteiger partial charge is 0.165 e. The molecule has 0 fully saturated rings. The molecule has 0 aliphatic heterocycles. The van der Waals surface area contributed by atoms with Gasteiger partial charge in [-0.3, -0.25) is 0 Å². The highest BCUT2D eigenvalue weighted by Crippen LogP contribution is 2.27. The average Bonchev–Trinajstić information content (AvgIpc) is 2.49. The number of nitrogens with zero attached hydrogens (tertiary/aromatic N) is 2. The van der Waals surface area contributed by atoms with Gasteiger partial charge in [0.15, 0.2) is 17.4 Å². The molecule has 0 aliphatic carbocycles. The number of nitrogens with one attached hydrogen (secondary N) is 1. The van der Waals surface area contributed by atoms with Crippen LogP contribution < -0.4 is 10.1 Å². The zero-order valence-electron chi connectivity index (χ0n) is 11.9. The zero-order valence-corrected chi connectivity index (χ0v) is 14.1. The molecule has 21 heavy (non-hydrogen) atoms. The Balaban J connectivity index is 2.52. The molecule has 0 bridgehead atoms. The van der Waals surface area contributed by atoms with Gasteiger partial charge in [0.1, 0.15) is 5.82 Å². The molecular formula is C14H15FIN3O2. The highest BCUT2D eigenvalue weighted by molar-refractivity contribution is 14.1. The highest BCUT2D eigenvalue weighted by atomic mass is 127. The first-order valence-corrected chi connectivity index (χ1v) is 7.25. The van der Waals surface area contributed by atoms with Gasteiger partial charge in [-0.2, -0.15) is 0 Å². The van der Waals surface area contributed by atoms with Crippen molar-refractivity contribution < 1.29 is 13.9 Å². The molecule has 0 unspecified atom stereocenters. The second-order valence-corrected chi connectivity index (χ2v) is 5.27. The van der Waals surface area contributed by atoms with Gasteiger partial charge in [0.2, 0.25) is 0 Å². The summed E-state index contributed by atoms with van der Waals surface area (Å²) >= 11 is 2.16. The van der Waals surface area contributed by atoms with Gasteiger partial charge in [0.05, 0.1) is 23.0 Å². The normalized spacial score (nSPS) is 10.5. The van der Waals surface area contributed by atoms with Crippen molar-refractivity contribution in [2.75, 3.05) is 26.6 Å². The van der Waals surface area contributed by atoms with E-state index in [9.17, 15) is 4.39 Å². The summed E-state index contributed by atoms with van der Waals surface area (Å²) in [5.74, 6) is 0.865. The second kappa shape index (κ2) is 6.99. The number of aromatic nitrogens is 2. The van der Waals surface area contributed by atoms with E-state index in [0.29, 0.717) is 23.8 Å². The largest absolute Gasteiger partial charge is 0.494 e. The third kappa shape index (κ3) is 3.41. The van der Waals surface area contributed by atoms with Gasteiger partial charge in [0.25, 0.3) is 0 Å². The molecule has 7 heteroatoms. The summed E-state index contributed by atoms with van der Waals surface area (Å²) in [7, 11) is 4.80. The molecule has 1 N–H and O–H groups in total. The molecule has 1 heterocycles. The summed E-state index contributed by atoms with van der Waals surface area (Å²) in [6.07, 6.45) is 0. The van der Waals surface area contributed by atoms with E-state index in [2.05, 4.69) is 37.9 Å². The molecule has 2 aromatic rings. The Labute approximate surface area is 136 Å². The first-order chi connectivity index (χ1) is 10.1. The van der Waals surface area contributed by atoms with Gasteiger partial charge >= 0.3 is 0 Å². The molecule has 0 spiro atoms. The number of halogens is 2. The fourth-order valence-electron chi connectivity index (χ4n) is 1.83. The molecule has 0 radical (unpaired) electrons. The molecule has 0 amide bonds. The van der Waals surface area contributed by atoms with E-state index >= 15 is 0 Å². The average molecular weight is 403 g/mol. The number of hydrogen-bond donors (Lipinski definition) is 1. The van der Waals surface area contributed by atoms with Crippen molar-refractivity contribution in [3.05, 3.63) is 33.3 Å². The first kappa shape index (κ1) is 15.9. The van der Waals surface area contributed by atoms with Crippen molar-refractivity contribution in [1.82, 2.24) is 9.97 Å². The van der Waals surface area contributed by atoms with Crippen LogP contribution in [0.25, 0.3) is 11.4 Å². The summed E-state index contributed by atoms with van der Waals surface area (Å²) in [6, 6.07) is 4.64. The van der Waals surface area contributed by atoms with Crippen molar-refractivity contribution in [1.29, 1.82) is 0 Å². The Hall–Kier alpha value is -1.48. The molecule has 5 nitrogen and oxygen atoms in total. The van der Waals surface area contributed by atoms with E-state index in [4.69, 9.17) is 9.47 Å². The predicted octanol–water partition coefficient (Wildman–Crippen LogP) is 3.08. The number of rotatable bonds is 5. The lowest BCUT2D eigenvalue weighted by atomic mass is 10.2. The zero-order chi connectivity index (χ0) is 15.4. The van der Waals surface area contributed by atoms with E-state index in [0.717, 1.165) is 9.26 Å². The van der Waals surface area contributed by atoms with Crippen LogP contribution in [0.5, 0.6) is 5.75 Å². The molecular weight excluding hydrogens is 388 g/mol. The lowest BCUT2D eigenvalue weighted by Gasteiger charge is -2.11. The second-order valence-electron chi connectivity index (χ2n) is 4.19. The first-order valence-electron chi connectivity index (χ1n) is 6.17. The van der Waals surface area contributed by atoms with Gasteiger partial charge in [-0.1, -0.05) is 0 Å². The van der Waals surface area contributed by atoms with Gasteiger partial charge in [0, 0.05) is 19.7 Å². The van der Waals surface area contributed by atoms with Crippen molar-refractivity contribution in [2.24, 2.45) is 0 Å². The maximum absolute atomic E-state index is 13.8. The van der Waals surface area contributed by atoms with Gasteiger partial charge in [-0.25, -0.2) is 14.4 Å². The van der Waals surface area contributed by atoms with Gasteiger partial charge in [-0.15, -0.1) is 0 Å². The van der Waals surface area contributed by atoms with E-state index < -0.39 is 5.82 Å². The van der Waals surface area contributed by atoms with Crippen LogP contribution >= 0.6 is 22.6 Å². The molecule has 2 rings (SSSR count). The lowest BCUT2D eigenvalue weighted by Crippen LogP contribution is -2.06. The van der Waals surface area contributed by atoms with E-state index in [1.807, 2.05) is 0 Å². The molecule has 1 aromatic carbocycles. The Morgan fingerprint density at radius 2 is 2.05 bits per heavy atom. The molecule has 0 saturated heterocycles. The number of anilines is 1. The van der Waals surface area contributed by atoms with Crippen molar-refractivity contribution >= 4 is 28.4 Å². The summed E-state index contributed by atoms with van der Waals surface area (Å²) in [5.41, 5.74) is 1.34. The van der Waals surface area contributed by atoms with Gasteiger partial charge in [-0.05, 0) is 40.8 Å². The number of hydrogen-bond acceptors (Lipinski definition) is 5. The maximum Gasteiger partial charge on any atom is 0.165 e. The lowest BCUT2D eigenvalue weighted by molar-refractivity contribution is 0.181. The van der Waals surface area contributed by atoms with Crippen LogP contribution in [0.15, 0.2) is 18.2 Å². The van der Waals surface area contributed by atoms with Crippen molar-refractivity contribution in [3.63, 3.8) is 0 Å². The van der Waals surface area contributed by atoms with E-state index in [1.165, 1.54) is 13.2 Å². The monoisotopic (exact) mass is 403 g/mol. The highest BCUT2D eigenvalue weighted by Gasteiger charge is 2.14. The molecule has 0 atom stereocenters. The minimum atomic E-state index is -0.448.